The van der Waals surface area contributed by atoms with Crippen molar-refractivity contribution in [2.75, 3.05) is 7.11 Å². The van der Waals surface area contributed by atoms with E-state index in [0.717, 1.165) is 0 Å². The lowest BCUT2D eigenvalue weighted by molar-refractivity contribution is -0.143. The Bertz CT molecular complexity index is 349. The number of rotatable bonds is 3. The minimum Gasteiger partial charge on any atom is -0.468 e. The van der Waals surface area contributed by atoms with Crippen molar-refractivity contribution in [3.8, 4) is 0 Å². The summed E-state index contributed by atoms with van der Waals surface area (Å²) in [6.45, 7) is 1.74. The smallest absolute Gasteiger partial charge is 0.320 e. The number of carbonyl (C=O) groups is 2. The van der Waals surface area contributed by atoms with Gasteiger partial charge in [-0.1, -0.05) is 6.07 Å². The van der Waals surface area contributed by atoms with Crippen LogP contribution < -0.4 is 0 Å². The molecule has 0 aliphatic carbocycles. The first-order valence-corrected chi connectivity index (χ1v) is 4.15. The van der Waals surface area contributed by atoms with E-state index in [2.05, 4.69) is 9.72 Å². The Morgan fingerprint density at radius 1 is 1.64 bits per heavy atom. The molecule has 14 heavy (non-hydrogen) atoms. The van der Waals surface area contributed by atoms with Crippen molar-refractivity contribution < 1.29 is 14.3 Å². The molecule has 4 nitrogen and oxygen atoms in total. The summed E-state index contributed by atoms with van der Waals surface area (Å²) < 4.78 is 4.51. The molecule has 1 rings (SSSR count). The number of pyridine rings is 1. The molecule has 0 aliphatic heterocycles. The summed E-state index contributed by atoms with van der Waals surface area (Å²) in [6.07, 6.45) is 2.17. The van der Waals surface area contributed by atoms with Crippen LogP contribution in [0, 0.1) is 6.92 Å². The van der Waals surface area contributed by atoms with E-state index in [-0.39, 0.29) is 0 Å². The summed E-state index contributed by atoms with van der Waals surface area (Å²) in [5.74, 6) is -1.43. The molecule has 1 aromatic heterocycles. The molecule has 1 aromatic rings. The Labute approximate surface area is 81.9 Å². The zero-order valence-corrected chi connectivity index (χ0v) is 8.06. The van der Waals surface area contributed by atoms with E-state index < -0.39 is 11.9 Å². The third-order valence-electron chi connectivity index (χ3n) is 1.97. The molecule has 1 atom stereocenters. The third kappa shape index (κ3) is 1.96. The van der Waals surface area contributed by atoms with Gasteiger partial charge in [0, 0.05) is 11.9 Å². The van der Waals surface area contributed by atoms with Gasteiger partial charge in [-0.05, 0) is 18.6 Å². The Morgan fingerprint density at radius 2 is 2.36 bits per heavy atom. The van der Waals surface area contributed by atoms with Crippen LogP contribution in [0.1, 0.15) is 17.2 Å². The maximum atomic E-state index is 11.2. The predicted octanol–water partition coefficient (Wildman–Crippen LogP) is 0.846. The monoisotopic (exact) mass is 193 g/mol. The van der Waals surface area contributed by atoms with Gasteiger partial charge in [-0.2, -0.15) is 0 Å². The zero-order chi connectivity index (χ0) is 10.6. The number of hydrogen-bond acceptors (Lipinski definition) is 4. The van der Waals surface area contributed by atoms with Crippen LogP contribution >= 0.6 is 0 Å². The van der Waals surface area contributed by atoms with Crippen LogP contribution in [0.2, 0.25) is 0 Å². The lowest BCUT2D eigenvalue weighted by atomic mass is 10.00. The summed E-state index contributed by atoms with van der Waals surface area (Å²) in [6, 6.07) is 3.38. The highest BCUT2D eigenvalue weighted by molar-refractivity contribution is 5.94. The summed E-state index contributed by atoms with van der Waals surface area (Å²) in [7, 11) is 1.25. The van der Waals surface area contributed by atoms with E-state index in [1.54, 1.807) is 25.3 Å². The third-order valence-corrected chi connectivity index (χ3v) is 1.97. The van der Waals surface area contributed by atoms with Gasteiger partial charge in [0.25, 0.3) is 0 Å². The Kier molecular flexibility index (Phi) is 3.34. The molecule has 0 saturated heterocycles. The van der Waals surface area contributed by atoms with Crippen LogP contribution in [0.3, 0.4) is 0 Å². The van der Waals surface area contributed by atoms with E-state index in [4.69, 9.17) is 0 Å². The van der Waals surface area contributed by atoms with Crippen molar-refractivity contribution >= 4 is 12.3 Å². The largest absolute Gasteiger partial charge is 0.468 e. The molecule has 0 radical (unpaired) electrons. The van der Waals surface area contributed by atoms with Gasteiger partial charge in [0.2, 0.25) is 0 Å². The van der Waals surface area contributed by atoms with Crippen LogP contribution in [0.4, 0.5) is 0 Å². The number of aromatic nitrogens is 1. The summed E-state index contributed by atoms with van der Waals surface area (Å²) in [5, 5.41) is 0. The fourth-order valence-corrected chi connectivity index (χ4v) is 1.21. The second kappa shape index (κ2) is 4.50. The second-order valence-corrected chi connectivity index (χ2v) is 2.81. The number of carbonyl (C=O) groups excluding carboxylic acids is 2. The number of aryl methyl sites for hydroxylation is 1. The molecule has 1 unspecified atom stereocenters. The fraction of sp³-hybridized carbons (Fsp3) is 0.300. The van der Waals surface area contributed by atoms with Crippen molar-refractivity contribution in [1.82, 2.24) is 4.98 Å². The average Bonchev–Trinajstić information content (AvgIpc) is 2.21. The van der Waals surface area contributed by atoms with Crippen LogP contribution in [-0.4, -0.2) is 24.3 Å². The summed E-state index contributed by atoms with van der Waals surface area (Å²) in [4.78, 5) is 25.9. The van der Waals surface area contributed by atoms with Crippen molar-refractivity contribution in [1.29, 1.82) is 0 Å². The van der Waals surface area contributed by atoms with Gasteiger partial charge in [0.05, 0.1) is 7.11 Å². The maximum Gasteiger partial charge on any atom is 0.320 e. The molecule has 0 saturated carbocycles. The lowest BCUT2D eigenvalue weighted by Crippen LogP contribution is -2.16. The number of ether oxygens (including phenoxy) is 1. The summed E-state index contributed by atoms with van der Waals surface area (Å²) in [5.41, 5.74) is 1.25. The molecule has 0 bridgehead atoms. The first kappa shape index (κ1) is 10.4. The van der Waals surface area contributed by atoms with Crippen molar-refractivity contribution in [3.63, 3.8) is 0 Å². The quantitative estimate of drug-likeness (QED) is 0.405. The van der Waals surface area contributed by atoms with E-state index in [9.17, 15) is 9.59 Å². The fourth-order valence-electron chi connectivity index (χ4n) is 1.21. The van der Waals surface area contributed by atoms with Crippen molar-refractivity contribution in [2.45, 2.75) is 12.8 Å². The van der Waals surface area contributed by atoms with Gasteiger partial charge >= 0.3 is 5.97 Å². The molecule has 0 aliphatic rings. The molecule has 0 N–H and O–H groups in total. The predicted molar refractivity (Wildman–Crippen MR) is 49.8 cm³/mol. The Morgan fingerprint density at radius 3 is 2.86 bits per heavy atom. The normalized spacial score (nSPS) is 11.9. The first-order chi connectivity index (χ1) is 6.70. The summed E-state index contributed by atoms with van der Waals surface area (Å²) >= 11 is 0. The number of nitrogens with zero attached hydrogens (tertiary/aromatic N) is 1. The molecule has 0 spiro atoms. The van der Waals surface area contributed by atoms with E-state index in [1.807, 2.05) is 0 Å². The SMILES string of the molecule is COC(=O)C(C=O)c1cccnc1C. The van der Waals surface area contributed by atoms with Gasteiger partial charge in [-0.15, -0.1) is 0 Å². The Hall–Kier alpha value is -1.71. The highest BCUT2D eigenvalue weighted by Crippen LogP contribution is 2.17. The number of esters is 1. The molecular weight excluding hydrogens is 182 g/mol. The van der Waals surface area contributed by atoms with Crippen molar-refractivity contribution in [2.24, 2.45) is 0 Å². The topological polar surface area (TPSA) is 56.3 Å². The van der Waals surface area contributed by atoms with Crippen LogP contribution in [0.25, 0.3) is 0 Å². The molecule has 0 fully saturated rings. The molecular formula is C10H11NO3. The van der Waals surface area contributed by atoms with E-state index >= 15 is 0 Å². The number of aldehydes is 1. The molecule has 0 aromatic carbocycles. The average molecular weight is 193 g/mol. The lowest BCUT2D eigenvalue weighted by Gasteiger charge is -2.09. The van der Waals surface area contributed by atoms with E-state index in [0.29, 0.717) is 17.5 Å². The Balaban J connectivity index is 3.07. The highest BCUT2D eigenvalue weighted by Gasteiger charge is 2.22. The maximum absolute atomic E-state index is 11.2. The minimum atomic E-state index is -0.867. The highest BCUT2D eigenvalue weighted by atomic mass is 16.5. The molecule has 0 amide bonds. The standard InChI is InChI=1S/C10H11NO3/c1-7-8(4-3-5-11-7)9(6-12)10(13)14-2/h3-6,9H,1-2H3. The van der Waals surface area contributed by atoms with Gasteiger partial charge < -0.3 is 9.53 Å². The number of methoxy groups -OCH3 is 1. The zero-order valence-electron chi connectivity index (χ0n) is 8.06. The van der Waals surface area contributed by atoms with Gasteiger partial charge in [0.1, 0.15) is 12.2 Å². The van der Waals surface area contributed by atoms with Crippen LogP contribution in [0.15, 0.2) is 18.3 Å². The van der Waals surface area contributed by atoms with Gasteiger partial charge in [-0.3, -0.25) is 9.78 Å². The van der Waals surface area contributed by atoms with E-state index in [1.165, 1.54) is 7.11 Å². The molecule has 4 heteroatoms. The van der Waals surface area contributed by atoms with Crippen LogP contribution in [0.5, 0.6) is 0 Å². The minimum absolute atomic E-state index is 0.559. The number of hydrogen-bond donors (Lipinski definition) is 0. The van der Waals surface area contributed by atoms with Crippen molar-refractivity contribution in [3.05, 3.63) is 29.6 Å². The second-order valence-electron chi connectivity index (χ2n) is 2.81. The molecule has 74 valence electrons. The van der Waals surface area contributed by atoms with Gasteiger partial charge in [0.15, 0.2) is 0 Å². The van der Waals surface area contributed by atoms with Gasteiger partial charge in [-0.25, -0.2) is 0 Å². The first-order valence-electron chi connectivity index (χ1n) is 4.15. The van der Waals surface area contributed by atoms with Crippen LogP contribution in [-0.2, 0) is 14.3 Å². The molecule has 1 heterocycles.